The van der Waals surface area contributed by atoms with E-state index in [9.17, 15) is 10.2 Å². The smallest absolute Gasteiger partial charge is 0.230 e. The second kappa shape index (κ2) is 19.2. The summed E-state index contributed by atoms with van der Waals surface area (Å²) in [6.07, 6.45) is 20.2. The number of hydrogen-bond acceptors (Lipinski definition) is 11. The zero-order valence-electron chi connectivity index (χ0n) is 30.3. The molecule has 282 valence electrons. The van der Waals surface area contributed by atoms with Gasteiger partial charge in [-0.2, -0.15) is 11.8 Å². The average molecular weight is 734 g/mol. The number of aliphatic hydroxyl groups is 2. The van der Waals surface area contributed by atoms with E-state index in [1.165, 1.54) is 0 Å². The first-order chi connectivity index (χ1) is 25.6. The summed E-state index contributed by atoms with van der Waals surface area (Å²) in [7, 11) is 0. The fraction of sp³-hybridized carbons (Fsp3) is 0.585. The minimum atomic E-state index is -1.03. The molecule has 1 aromatic carbocycles. The van der Waals surface area contributed by atoms with Crippen molar-refractivity contribution in [1.82, 2.24) is 9.97 Å². The molecule has 1 aromatic heterocycles. The average Bonchev–Trinajstić information content (AvgIpc) is 3.18. The predicted octanol–water partition coefficient (Wildman–Crippen LogP) is 7.18. The lowest BCUT2D eigenvalue weighted by Crippen LogP contribution is -2.64. The highest BCUT2D eigenvalue weighted by Crippen LogP contribution is 2.62. The van der Waals surface area contributed by atoms with Crippen LogP contribution < -0.4 is 9.47 Å². The van der Waals surface area contributed by atoms with E-state index in [1.807, 2.05) is 30.1 Å². The number of oxime groups is 1. The highest BCUT2D eigenvalue weighted by molar-refractivity contribution is 8.00. The van der Waals surface area contributed by atoms with Crippen LogP contribution in [-0.4, -0.2) is 82.0 Å². The number of fused-ring (bicyclic) bond motifs is 2. The molecule has 0 radical (unpaired) electrons. The summed E-state index contributed by atoms with van der Waals surface area (Å²) in [6.45, 7) is 9.60. The molecule has 2 fully saturated rings. The lowest BCUT2D eigenvalue weighted by Gasteiger charge is -2.58. The third kappa shape index (κ3) is 8.93. The zero-order valence-corrected chi connectivity index (χ0v) is 31.1. The van der Waals surface area contributed by atoms with Gasteiger partial charge < -0.3 is 34.0 Å². The summed E-state index contributed by atoms with van der Waals surface area (Å²) < 4.78 is 26.3. The Kier molecular flexibility index (Phi) is 14.2. The largest absolute Gasteiger partial charge is 0.490 e. The molecule has 6 rings (SSSR count). The van der Waals surface area contributed by atoms with Crippen LogP contribution in [0.25, 0.3) is 0 Å². The molecular formula is C41H55N3O7S. The molecular weight excluding hydrogens is 679 g/mol. The summed E-state index contributed by atoms with van der Waals surface area (Å²) in [5.41, 5.74) is 4.04. The molecule has 2 aromatic rings. The first-order valence-corrected chi connectivity index (χ1v) is 20.1. The molecule has 0 spiro atoms. The van der Waals surface area contributed by atoms with E-state index < -0.39 is 5.79 Å². The van der Waals surface area contributed by atoms with Crippen LogP contribution in [0, 0.1) is 17.8 Å². The molecule has 10 nitrogen and oxygen atoms in total. The first kappa shape index (κ1) is 38.5. The van der Waals surface area contributed by atoms with Gasteiger partial charge in [0.25, 0.3) is 0 Å². The topological polar surface area (TPSA) is 125 Å². The van der Waals surface area contributed by atoms with Crippen LogP contribution in [0.4, 0.5) is 0 Å². The molecule has 2 aliphatic heterocycles. The summed E-state index contributed by atoms with van der Waals surface area (Å²) in [4.78, 5) is 15.0. The number of aromatic nitrogens is 2. The summed E-state index contributed by atoms with van der Waals surface area (Å²) in [6, 6.07) is 6.13. The van der Waals surface area contributed by atoms with Gasteiger partial charge in [0.05, 0.1) is 35.8 Å². The van der Waals surface area contributed by atoms with Crippen LogP contribution in [0.1, 0.15) is 81.4 Å². The van der Waals surface area contributed by atoms with Crippen LogP contribution in [0.3, 0.4) is 0 Å². The molecule has 2 aliphatic carbocycles. The maximum Gasteiger partial charge on any atom is 0.230 e. The molecule has 11 heteroatoms. The van der Waals surface area contributed by atoms with E-state index in [4.69, 9.17) is 28.9 Å². The van der Waals surface area contributed by atoms with Crippen LogP contribution in [0.2, 0.25) is 0 Å². The van der Waals surface area contributed by atoms with E-state index in [-0.39, 0.29) is 48.4 Å². The summed E-state index contributed by atoms with van der Waals surface area (Å²) >= 11 is 1.82. The van der Waals surface area contributed by atoms with E-state index >= 15 is 0 Å². The number of aryl methyl sites for hydroxylation is 1. The van der Waals surface area contributed by atoms with Crippen molar-refractivity contribution in [2.45, 2.75) is 93.9 Å². The molecule has 4 aliphatic rings. The van der Waals surface area contributed by atoms with Crippen molar-refractivity contribution in [1.29, 1.82) is 0 Å². The Labute approximate surface area is 312 Å². The first-order valence-electron chi connectivity index (χ1n) is 19.1. The minimum Gasteiger partial charge on any atom is -0.490 e. The van der Waals surface area contributed by atoms with Gasteiger partial charge in [0.2, 0.25) is 12.1 Å². The molecule has 52 heavy (non-hydrogen) atoms. The van der Waals surface area contributed by atoms with E-state index in [2.05, 4.69) is 35.3 Å². The van der Waals surface area contributed by atoms with Gasteiger partial charge in [0, 0.05) is 62.5 Å². The lowest BCUT2D eigenvalue weighted by atomic mass is 9.56. The number of benzene rings is 1. The summed E-state index contributed by atoms with van der Waals surface area (Å²) in [5, 5.41) is 24.4. The van der Waals surface area contributed by atoms with Crippen molar-refractivity contribution in [2.24, 2.45) is 22.9 Å². The van der Waals surface area contributed by atoms with Crippen LogP contribution in [0.15, 0.2) is 78.9 Å². The van der Waals surface area contributed by atoms with Gasteiger partial charge in [0.15, 0.2) is 0 Å². The lowest BCUT2D eigenvalue weighted by molar-refractivity contribution is -0.223. The van der Waals surface area contributed by atoms with Crippen molar-refractivity contribution in [3.63, 3.8) is 0 Å². The standard InChI is InChI=1S/C41H55N3O7S/c1-3-21-47-31-14-15-36-34(26-31)39-32(12-6-9-20-46)29(11-5-8-19-45)25-33-35(44-51-38-13-7-10-23-48-38)27-37(41(50-36,40(33)39)49-22-4-2)52-24-16-30-28-42-17-18-43-30/h3-4,14-15,17-18,25-26,28-29,32,37-40,45-46H,1-2,5-13,16,19-24,27H2. The predicted molar refractivity (Wildman–Crippen MR) is 204 cm³/mol. The van der Waals surface area contributed by atoms with Crippen molar-refractivity contribution in [3.05, 3.63) is 85.0 Å². The summed E-state index contributed by atoms with van der Waals surface area (Å²) in [5.74, 6) is 1.53. The fourth-order valence-electron chi connectivity index (χ4n) is 8.40. The third-order valence-corrected chi connectivity index (χ3v) is 12.0. The number of rotatable bonds is 20. The second-order valence-electron chi connectivity index (χ2n) is 14.1. The van der Waals surface area contributed by atoms with Gasteiger partial charge in [0.1, 0.15) is 18.1 Å². The van der Waals surface area contributed by atoms with E-state index in [1.54, 1.807) is 24.5 Å². The molecule has 0 amide bonds. The Balaban J connectivity index is 1.49. The monoisotopic (exact) mass is 733 g/mol. The highest BCUT2D eigenvalue weighted by atomic mass is 32.2. The van der Waals surface area contributed by atoms with Crippen molar-refractivity contribution < 1.29 is 34.0 Å². The Morgan fingerprint density at radius 3 is 2.63 bits per heavy atom. The third-order valence-electron chi connectivity index (χ3n) is 10.7. The van der Waals surface area contributed by atoms with Crippen LogP contribution >= 0.6 is 11.8 Å². The van der Waals surface area contributed by atoms with Crippen molar-refractivity contribution >= 4 is 17.5 Å². The Hall–Kier alpha value is -3.22. The molecule has 1 saturated heterocycles. The second-order valence-corrected chi connectivity index (χ2v) is 15.4. The van der Waals surface area contributed by atoms with Crippen molar-refractivity contribution in [2.75, 3.05) is 38.8 Å². The number of unbranched alkanes of at least 4 members (excludes halogenated alkanes) is 2. The van der Waals surface area contributed by atoms with Crippen LogP contribution in [0.5, 0.6) is 11.5 Å². The Morgan fingerprint density at radius 2 is 1.88 bits per heavy atom. The highest BCUT2D eigenvalue weighted by Gasteiger charge is 2.64. The number of allylic oxidation sites excluding steroid dienone is 1. The maximum atomic E-state index is 9.85. The van der Waals surface area contributed by atoms with Gasteiger partial charge in [-0.1, -0.05) is 42.8 Å². The van der Waals surface area contributed by atoms with E-state index in [0.717, 1.165) is 104 Å². The van der Waals surface area contributed by atoms with Gasteiger partial charge in [-0.25, -0.2) is 0 Å². The SMILES string of the molecule is C=CCOc1ccc2c(c1)C1C(CCCCO)C(CCCCO)C=C3C(=NOC4CCCCO4)CC(SCCc4cnccn4)C(OCC=C)(O2)C31. The molecule has 3 heterocycles. The Morgan fingerprint density at radius 1 is 1.04 bits per heavy atom. The van der Waals surface area contributed by atoms with Gasteiger partial charge in [-0.15, -0.1) is 6.58 Å². The van der Waals surface area contributed by atoms with Crippen molar-refractivity contribution in [3.8, 4) is 11.5 Å². The quantitative estimate of drug-likeness (QED) is 0.0822. The number of thioether (sulfide) groups is 1. The number of nitrogens with zero attached hydrogens (tertiary/aromatic N) is 3. The van der Waals surface area contributed by atoms with E-state index in [0.29, 0.717) is 26.2 Å². The zero-order chi connectivity index (χ0) is 36.2. The number of ether oxygens (including phenoxy) is 4. The number of hydrogen-bond donors (Lipinski definition) is 2. The minimum absolute atomic E-state index is 0.00168. The Bertz CT molecular complexity index is 1520. The molecule has 0 bridgehead atoms. The van der Waals surface area contributed by atoms with Gasteiger partial charge in [-0.3, -0.25) is 9.97 Å². The molecule has 7 unspecified atom stereocenters. The van der Waals surface area contributed by atoms with Gasteiger partial charge in [-0.05, 0) is 79.9 Å². The van der Waals surface area contributed by atoms with Gasteiger partial charge >= 0.3 is 0 Å². The fourth-order valence-corrected chi connectivity index (χ4v) is 9.78. The molecule has 7 atom stereocenters. The number of aliphatic hydroxyl groups excluding tert-OH is 2. The molecule has 2 N–H and O–H groups in total. The normalized spacial score (nSPS) is 28.6. The maximum absolute atomic E-state index is 9.85. The van der Waals surface area contributed by atoms with Crippen LogP contribution in [-0.2, 0) is 20.7 Å². The molecule has 1 saturated carbocycles.